The van der Waals surface area contributed by atoms with Crippen LogP contribution in [-0.4, -0.2) is 53.0 Å². The molecule has 2 aliphatic heterocycles. The molecule has 0 spiro atoms. The molecule has 8 nitrogen and oxygen atoms in total. The van der Waals surface area contributed by atoms with E-state index in [9.17, 15) is 5.26 Å². The Kier molecular flexibility index (Phi) is 5.74. The van der Waals surface area contributed by atoms with Crippen LogP contribution < -0.4 is 15.5 Å². The molecule has 1 aromatic carbocycles. The van der Waals surface area contributed by atoms with E-state index < -0.39 is 0 Å². The van der Waals surface area contributed by atoms with Gasteiger partial charge in [0, 0.05) is 36.7 Å². The third-order valence-electron chi connectivity index (χ3n) is 5.03. The highest BCUT2D eigenvalue weighted by Crippen LogP contribution is 2.38. The summed E-state index contributed by atoms with van der Waals surface area (Å²) in [6.45, 7) is 4.94. The smallest absolute Gasteiger partial charge is 0.212 e. The van der Waals surface area contributed by atoms with E-state index in [1.807, 2.05) is 30.5 Å². The Morgan fingerprint density at radius 3 is 3.03 bits per heavy atom. The van der Waals surface area contributed by atoms with Crippen molar-refractivity contribution in [2.75, 3.05) is 36.4 Å². The second-order valence-corrected chi connectivity index (χ2v) is 8.39. The van der Waals surface area contributed by atoms with Gasteiger partial charge in [0.05, 0.1) is 16.6 Å². The van der Waals surface area contributed by atoms with Crippen LogP contribution in [0.15, 0.2) is 40.1 Å². The summed E-state index contributed by atoms with van der Waals surface area (Å²) in [5.41, 5.74) is 1.74. The van der Waals surface area contributed by atoms with Gasteiger partial charge in [0.2, 0.25) is 5.96 Å². The quantitative estimate of drug-likeness (QED) is 0.226. The fraction of sp³-hybridized carbons (Fsp3) is 0.368. The van der Waals surface area contributed by atoms with E-state index in [2.05, 4.69) is 58.2 Å². The van der Waals surface area contributed by atoms with Crippen LogP contribution in [-0.2, 0) is 0 Å². The summed E-state index contributed by atoms with van der Waals surface area (Å²) in [5.74, 6) is 2.24. The van der Waals surface area contributed by atoms with E-state index in [1.54, 1.807) is 6.33 Å². The topological polar surface area (TPSA) is 92.5 Å². The molecule has 0 radical (unpaired) electrons. The number of rotatable bonds is 2. The average Bonchev–Trinajstić information content (AvgIpc) is 3.09. The van der Waals surface area contributed by atoms with Crippen LogP contribution in [0.25, 0.3) is 0 Å². The van der Waals surface area contributed by atoms with Crippen molar-refractivity contribution in [3.8, 4) is 6.19 Å². The highest BCUT2D eigenvalue weighted by atomic mass is 79.9. The normalized spacial score (nSPS) is 21.4. The lowest BCUT2D eigenvalue weighted by molar-refractivity contribution is 0.291. The minimum absolute atomic E-state index is 0.115. The van der Waals surface area contributed by atoms with Crippen LogP contribution in [0, 0.1) is 11.5 Å². The molecule has 0 amide bonds. The van der Waals surface area contributed by atoms with Gasteiger partial charge in [0.1, 0.15) is 18.0 Å². The van der Waals surface area contributed by atoms with Gasteiger partial charge in [0.25, 0.3) is 0 Å². The summed E-state index contributed by atoms with van der Waals surface area (Å²) >= 11 is 9.94. The predicted molar refractivity (Wildman–Crippen MR) is 117 cm³/mol. The molecule has 1 aromatic heterocycles. The van der Waals surface area contributed by atoms with E-state index in [-0.39, 0.29) is 11.4 Å². The molecule has 3 heterocycles. The van der Waals surface area contributed by atoms with Crippen LogP contribution in [0.3, 0.4) is 0 Å². The summed E-state index contributed by atoms with van der Waals surface area (Å²) in [7, 11) is 0. The zero-order valence-electron chi connectivity index (χ0n) is 15.8. The number of aliphatic imine (C=N–C) groups is 1. The Labute approximate surface area is 182 Å². The van der Waals surface area contributed by atoms with Crippen LogP contribution >= 0.6 is 27.5 Å². The highest BCUT2D eigenvalue weighted by molar-refractivity contribution is 9.10. The molecule has 29 heavy (non-hydrogen) atoms. The van der Waals surface area contributed by atoms with Crippen molar-refractivity contribution in [1.29, 1.82) is 5.26 Å². The third kappa shape index (κ3) is 4.09. The minimum atomic E-state index is -0.136. The molecule has 0 aliphatic carbocycles. The Morgan fingerprint density at radius 1 is 1.41 bits per heavy atom. The van der Waals surface area contributed by atoms with Crippen molar-refractivity contribution in [2.45, 2.75) is 18.3 Å². The second-order valence-electron chi connectivity index (χ2n) is 6.95. The zero-order chi connectivity index (χ0) is 20.4. The first-order valence-corrected chi connectivity index (χ1v) is 10.5. The van der Waals surface area contributed by atoms with Gasteiger partial charge >= 0.3 is 0 Å². The molecule has 2 aliphatic rings. The first-order valence-electron chi connectivity index (χ1n) is 9.30. The summed E-state index contributed by atoms with van der Waals surface area (Å²) in [4.78, 5) is 17.8. The summed E-state index contributed by atoms with van der Waals surface area (Å²) < 4.78 is 0.940. The fourth-order valence-electron chi connectivity index (χ4n) is 3.70. The number of aromatic nitrogens is 2. The summed E-state index contributed by atoms with van der Waals surface area (Å²) in [6, 6.07) is 7.79. The van der Waals surface area contributed by atoms with Crippen LogP contribution in [0.2, 0.25) is 0 Å². The molecular weight excluding hydrogens is 456 g/mol. The molecule has 2 aromatic rings. The first-order chi connectivity index (χ1) is 14.1. The number of hydrogen-bond acceptors (Lipinski definition) is 6. The molecule has 10 heteroatoms. The van der Waals surface area contributed by atoms with Gasteiger partial charge in [-0.1, -0.05) is 22.0 Å². The average molecular weight is 476 g/mol. The van der Waals surface area contributed by atoms with E-state index >= 15 is 0 Å². The highest BCUT2D eigenvalue weighted by Gasteiger charge is 2.32. The fourth-order valence-corrected chi connectivity index (χ4v) is 4.37. The SMILES string of the molecule is C[C@H]1CN(c2ncnc3c2C(Cl)CN3)CCN1C(=Nc1cccc(Br)c1)NC#N. The van der Waals surface area contributed by atoms with Gasteiger partial charge in [-0.25, -0.2) is 15.0 Å². The van der Waals surface area contributed by atoms with Crippen molar-refractivity contribution in [3.63, 3.8) is 0 Å². The summed E-state index contributed by atoms with van der Waals surface area (Å²) in [6.07, 6.45) is 3.58. The Balaban J connectivity index is 1.56. The van der Waals surface area contributed by atoms with Gasteiger partial charge in [-0.05, 0) is 25.1 Å². The van der Waals surface area contributed by atoms with E-state index in [0.717, 1.165) is 40.4 Å². The van der Waals surface area contributed by atoms with Crippen molar-refractivity contribution in [1.82, 2.24) is 20.2 Å². The zero-order valence-corrected chi connectivity index (χ0v) is 18.2. The maximum atomic E-state index is 9.22. The molecule has 2 atom stereocenters. The van der Waals surface area contributed by atoms with Crippen molar-refractivity contribution >= 4 is 50.8 Å². The van der Waals surface area contributed by atoms with Gasteiger partial charge in [-0.15, -0.1) is 11.6 Å². The number of anilines is 2. The van der Waals surface area contributed by atoms with Gasteiger partial charge in [0.15, 0.2) is 6.19 Å². The number of nitrogens with one attached hydrogen (secondary N) is 2. The Bertz CT molecular complexity index is 975. The number of hydrogen-bond donors (Lipinski definition) is 2. The number of benzene rings is 1. The second kappa shape index (κ2) is 8.43. The molecule has 0 bridgehead atoms. The van der Waals surface area contributed by atoms with Gasteiger partial charge in [-0.2, -0.15) is 5.26 Å². The van der Waals surface area contributed by atoms with Crippen LogP contribution in [0.4, 0.5) is 17.3 Å². The van der Waals surface area contributed by atoms with Crippen molar-refractivity contribution in [2.24, 2.45) is 4.99 Å². The number of alkyl halides is 1. The van der Waals surface area contributed by atoms with Gasteiger partial charge in [-0.3, -0.25) is 5.32 Å². The lowest BCUT2D eigenvalue weighted by Gasteiger charge is -2.41. The molecular formula is C19H20BrClN8. The minimum Gasteiger partial charge on any atom is -0.368 e. The van der Waals surface area contributed by atoms with Crippen molar-refractivity contribution < 1.29 is 0 Å². The van der Waals surface area contributed by atoms with Crippen LogP contribution in [0.5, 0.6) is 0 Å². The van der Waals surface area contributed by atoms with Gasteiger partial charge < -0.3 is 15.1 Å². The molecule has 2 N–H and O–H groups in total. The number of fused-ring (bicyclic) bond motifs is 1. The van der Waals surface area contributed by atoms with Crippen molar-refractivity contribution in [3.05, 3.63) is 40.6 Å². The molecule has 4 rings (SSSR count). The third-order valence-corrected chi connectivity index (χ3v) is 5.90. The lowest BCUT2D eigenvalue weighted by Crippen LogP contribution is -2.57. The molecule has 150 valence electrons. The Hall–Kier alpha value is -2.57. The summed E-state index contributed by atoms with van der Waals surface area (Å²) in [5, 5.41) is 15.1. The monoisotopic (exact) mass is 474 g/mol. The Morgan fingerprint density at radius 2 is 2.28 bits per heavy atom. The van der Waals surface area contributed by atoms with E-state index in [4.69, 9.17) is 11.6 Å². The molecule has 1 unspecified atom stereocenters. The predicted octanol–water partition coefficient (Wildman–Crippen LogP) is 3.21. The number of nitrogens with zero attached hydrogens (tertiary/aromatic N) is 6. The molecule has 0 saturated carbocycles. The number of nitriles is 1. The molecule has 1 saturated heterocycles. The maximum Gasteiger partial charge on any atom is 0.212 e. The van der Waals surface area contributed by atoms with E-state index in [1.165, 1.54) is 0 Å². The van der Waals surface area contributed by atoms with E-state index in [0.29, 0.717) is 19.0 Å². The van der Waals surface area contributed by atoms with Crippen LogP contribution in [0.1, 0.15) is 17.9 Å². The standard InChI is InChI=1S/C19H20BrClN8/c1-12-9-28(18-16-15(21)8-23-17(16)25-11-26-18)5-6-29(12)19(24-10-22)27-14-4-2-3-13(20)7-14/h2-4,7,11-12,15H,5-6,8-9H2,1H3,(H,24,27)(H,23,25,26)/t12-,15?/m0/s1. The molecule has 1 fully saturated rings. The number of halogens is 2. The first kappa shape index (κ1) is 19.7. The number of piperazine rings is 1. The number of guanidine groups is 1. The lowest BCUT2D eigenvalue weighted by atomic mass is 10.1. The maximum absolute atomic E-state index is 9.22. The largest absolute Gasteiger partial charge is 0.368 e.